The van der Waals surface area contributed by atoms with Gasteiger partial charge in [0.1, 0.15) is 11.2 Å². The third-order valence-corrected chi connectivity index (χ3v) is 5.78. The van der Waals surface area contributed by atoms with Crippen LogP contribution in [0.15, 0.2) is 36.4 Å². The first-order chi connectivity index (χ1) is 11.9. The van der Waals surface area contributed by atoms with Crippen LogP contribution in [0.4, 0.5) is 0 Å². The highest BCUT2D eigenvalue weighted by atomic mass is 16.5. The van der Waals surface area contributed by atoms with Gasteiger partial charge < -0.3 is 4.74 Å². The van der Waals surface area contributed by atoms with Gasteiger partial charge in [0.2, 0.25) is 0 Å². The molecular weight excluding hydrogens is 320 g/mol. The summed E-state index contributed by atoms with van der Waals surface area (Å²) in [6.45, 7) is 17.2. The smallest absolute Gasteiger partial charge is 0.327 e. The predicted octanol–water partition coefficient (Wildman–Crippen LogP) is 5.85. The maximum absolute atomic E-state index is 13.5. The first-order valence-electron chi connectivity index (χ1n) is 9.34. The number of benzene rings is 2. The molecule has 2 aromatic rings. The molecule has 0 aromatic heterocycles. The van der Waals surface area contributed by atoms with Gasteiger partial charge in [-0.2, -0.15) is 0 Å². The average Bonchev–Trinajstić information content (AvgIpc) is 2.81. The molecule has 1 aliphatic heterocycles. The second kappa shape index (κ2) is 5.70. The number of esters is 1. The molecule has 0 fully saturated rings. The van der Waals surface area contributed by atoms with Crippen LogP contribution in [0.5, 0.6) is 5.75 Å². The summed E-state index contributed by atoms with van der Waals surface area (Å²) in [4.78, 5) is 13.5. The topological polar surface area (TPSA) is 26.3 Å². The molecule has 1 heterocycles. The minimum atomic E-state index is -0.815. The minimum Gasteiger partial charge on any atom is -0.425 e. The molecule has 0 N–H and O–H groups in total. The highest BCUT2D eigenvalue weighted by Crippen LogP contribution is 2.57. The molecule has 0 spiro atoms. The number of carbonyl (C=O) groups excluding carboxylic acids is 1. The van der Waals surface area contributed by atoms with Crippen molar-refractivity contribution in [1.29, 1.82) is 0 Å². The van der Waals surface area contributed by atoms with Crippen molar-refractivity contribution in [2.45, 2.75) is 66.2 Å². The number of hydrogen-bond donors (Lipinski definition) is 0. The molecular formula is C24H30O2. The minimum absolute atomic E-state index is 0.0877. The van der Waals surface area contributed by atoms with Gasteiger partial charge in [-0.15, -0.1) is 0 Å². The Bertz CT molecular complexity index is 878. The summed E-state index contributed by atoms with van der Waals surface area (Å²) in [5, 5.41) is 0. The third kappa shape index (κ3) is 2.50. The van der Waals surface area contributed by atoms with E-state index in [-0.39, 0.29) is 16.8 Å². The number of rotatable bonds is 1. The zero-order chi connectivity index (χ0) is 19.5. The van der Waals surface area contributed by atoms with Crippen molar-refractivity contribution in [2.24, 2.45) is 5.41 Å². The van der Waals surface area contributed by atoms with Crippen LogP contribution < -0.4 is 4.74 Å². The molecule has 2 heteroatoms. The van der Waals surface area contributed by atoms with Gasteiger partial charge in [0, 0.05) is 5.56 Å². The SMILES string of the molecule is Cc1ccc(C2(C(C)(C)C)C(=O)Oc3cccc(C(C)(C)C)c32)cc1C. The van der Waals surface area contributed by atoms with Crippen molar-refractivity contribution in [3.63, 3.8) is 0 Å². The van der Waals surface area contributed by atoms with Crippen molar-refractivity contribution >= 4 is 5.97 Å². The summed E-state index contributed by atoms with van der Waals surface area (Å²) in [7, 11) is 0. The normalized spacial score (nSPS) is 20.1. The maximum Gasteiger partial charge on any atom is 0.327 e. The lowest BCUT2D eigenvalue weighted by Crippen LogP contribution is -2.47. The molecule has 138 valence electrons. The van der Waals surface area contributed by atoms with Crippen LogP contribution >= 0.6 is 0 Å². The molecule has 0 saturated heterocycles. The summed E-state index contributed by atoms with van der Waals surface area (Å²) < 4.78 is 5.87. The Kier molecular flexibility index (Phi) is 4.10. The predicted molar refractivity (Wildman–Crippen MR) is 107 cm³/mol. The fourth-order valence-electron chi connectivity index (χ4n) is 4.26. The summed E-state index contributed by atoms with van der Waals surface area (Å²) in [5.74, 6) is 0.538. The Hall–Kier alpha value is -2.09. The van der Waals surface area contributed by atoms with Gasteiger partial charge in [0.05, 0.1) is 0 Å². The van der Waals surface area contributed by atoms with Crippen LogP contribution in [-0.4, -0.2) is 5.97 Å². The Balaban J connectivity index is 2.46. The monoisotopic (exact) mass is 350 g/mol. The molecule has 1 atom stereocenters. The molecule has 0 bridgehead atoms. The van der Waals surface area contributed by atoms with Crippen LogP contribution in [0, 0.1) is 19.3 Å². The summed E-state index contributed by atoms with van der Waals surface area (Å²) >= 11 is 0. The second-order valence-electron chi connectivity index (χ2n) is 9.62. The first kappa shape index (κ1) is 18.7. The molecule has 0 saturated carbocycles. The van der Waals surface area contributed by atoms with Gasteiger partial charge in [0.25, 0.3) is 0 Å². The highest BCUT2D eigenvalue weighted by Gasteiger charge is 2.59. The maximum atomic E-state index is 13.5. The zero-order valence-electron chi connectivity index (χ0n) is 17.3. The lowest BCUT2D eigenvalue weighted by atomic mass is 9.57. The van der Waals surface area contributed by atoms with E-state index in [4.69, 9.17) is 4.74 Å². The molecule has 26 heavy (non-hydrogen) atoms. The molecule has 3 rings (SSSR count). The number of fused-ring (bicyclic) bond motifs is 1. The van der Waals surface area contributed by atoms with E-state index in [9.17, 15) is 4.79 Å². The Labute approximate surface area is 157 Å². The molecule has 2 aromatic carbocycles. The second-order valence-corrected chi connectivity index (χ2v) is 9.62. The van der Waals surface area contributed by atoms with E-state index >= 15 is 0 Å². The van der Waals surface area contributed by atoms with E-state index in [1.807, 2.05) is 12.1 Å². The molecule has 1 unspecified atom stereocenters. The van der Waals surface area contributed by atoms with Gasteiger partial charge in [-0.05, 0) is 53.0 Å². The molecule has 0 amide bonds. The van der Waals surface area contributed by atoms with Gasteiger partial charge >= 0.3 is 5.97 Å². The molecule has 1 aliphatic rings. The Morgan fingerprint density at radius 2 is 1.54 bits per heavy atom. The summed E-state index contributed by atoms with van der Waals surface area (Å²) in [5.41, 5.74) is 4.42. The van der Waals surface area contributed by atoms with Gasteiger partial charge in [0.15, 0.2) is 0 Å². The van der Waals surface area contributed by atoms with Gasteiger partial charge in [-0.1, -0.05) is 71.9 Å². The Morgan fingerprint density at radius 3 is 2.08 bits per heavy atom. The molecule has 2 nitrogen and oxygen atoms in total. The van der Waals surface area contributed by atoms with Crippen LogP contribution in [-0.2, 0) is 15.6 Å². The fraction of sp³-hybridized carbons (Fsp3) is 0.458. The lowest BCUT2D eigenvalue weighted by Gasteiger charge is -2.41. The van der Waals surface area contributed by atoms with Crippen LogP contribution in [0.1, 0.15) is 69.4 Å². The molecule has 0 radical (unpaired) electrons. The van der Waals surface area contributed by atoms with Crippen molar-refractivity contribution in [1.82, 2.24) is 0 Å². The van der Waals surface area contributed by atoms with E-state index in [0.29, 0.717) is 5.75 Å². The summed E-state index contributed by atoms with van der Waals surface area (Å²) in [6.07, 6.45) is 0. The van der Waals surface area contributed by atoms with Crippen LogP contribution in [0.3, 0.4) is 0 Å². The van der Waals surface area contributed by atoms with E-state index in [0.717, 1.165) is 11.1 Å². The van der Waals surface area contributed by atoms with Gasteiger partial charge in [-0.3, -0.25) is 4.79 Å². The van der Waals surface area contributed by atoms with Crippen molar-refractivity contribution in [3.8, 4) is 5.75 Å². The van der Waals surface area contributed by atoms with E-state index in [2.05, 4.69) is 79.7 Å². The number of aryl methyl sites for hydroxylation is 2. The molecule has 0 aliphatic carbocycles. The third-order valence-electron chi connectivity index (χ3n) is 5.78. The van der Waals surface area contributed by atoms with Crippen molar-refractivity contribution < 1.29 is 9.53 Å². The average molecular weight is 351 g/mol. The lowest BCUT2D eigenvalue weighted by molar-refractivity contribution is -0.140. The van der Waals surface area contributed by atoms with Crippen molar-refractivity contribution in [3.05, 3.63) is 64.2 Å². The van der Waals surface area contributed by atoms with Crippen LogP contribution in [0.25, 0.3) is 0 Å². The number of hydrogen-bond acceptors (Lipinski definition) is 2. The van der Waals surface area contributed by atoms with Gasteiger partial charge in [-0.25, -0.2) is 0 Å². The standard InChI is InChI=1S/C24H30O2/c1-15-12-13-17(14-16(15)2)24(23(6,7)8)20-18(22(3,4)5)10-9-11-19(20)26-21(24)25/h9-14H,1-8H3. The van der Waals surface area contributed by atoms with E-state index in [1.165, 1.54) is 16.7 Å². The van der Waals surface area contributed by atoms with E-state index in [1.54, 1.807) is 0 Å². The van der Waals surface area contributed by atoms with Crippen molar-refractivity contribution in [2.75, 3.05) is 0 Å². The summed E-state index contributed by atoms with van der Waals surface area (Å²) in [6, 6.07) is 12.4. The first-order valence-corrected chi connectivity index (χ1v) is 9.34. The van der Waals surface area contributed by atoms with E-state index < -0.39 is 5.41 Å². The number of ether oxygens (including phenoxy) is 1. The fourth-order valence-corrected chi connectivity index (χ4v) is 4.26. The zero-order valence-corrected chi connectivity index (χ0v) is 17.3. The largest absolute Gasteiger partial charge is 0.425 e. The Morgan fingerprint density at radius 1 is 0.885 bits per heavy atom. The number of carbonyl (C=O) groups is 1. The highest BCUT2D eigenvalue weighted by molar-refractivity contribution is 5.96. The quantitative estimate of drug-likeness (QED) is 0.476. The van der Waals surface area contributed by atoms with Crippen LogP contribution in [0.2, 0.25) is 0 Å².